The van der Waals surface area contributed by atoms with E-state index in [1.165, 1.54) is 40.7 Å². The fraction of sp³-hybridized carbons (Fsp3) is 0.381. The van der Waals surface area contributed by atoms with Crippen LogP contribution in [-0.2, 0) is 14.8 Å². The number of carbonyl (C=O) groups is 1. The summed E-state index contributed by atoms with van der Waals surface area (Å²) >= 11 is 0. The lowest BCUT2D eigenvalue weighted by Crippen LogP contribution is -2.48. The first kappa shape index (κ1) is 21.4. The highest BCUT2D eigenvalue weighted by molar-refractivity contribution is 7.89. The second-order valence-electron chi connectivity index (χ2n) is 7.35. The molecule has 1 fully saturated rings. The number of carbonyl (C=O) groups excluding carboxylic acids is 1. The molecule has 1 aliphatic rings. The summed E-state index contributed by atoms with van der Waals surface area (Å²) in [6.45, 7) is 6.07. The quantitative estimate of drug-likeness (QED) is 0.807. The lowest BCUT2D eigenvalue weighted by atomic mass is 10.1. The topological polar surface area (TPSA) is 75.7 Å². The molecule has 0 aromatic heterocycles. The van der Waals surface area contributed by atoms with Crippen LogP contribution in [0.3, 0.4) is 0 Å². The van der Waals surface area contributed by atoms with Gasteiger partial charge in [-0.25, -0.2) is 12.8 Å². The van der Waals surface area contributed by atoms with Crippen molar-refractivity contribution in [1.29, 1.82) is 0 Å². The molecule has 3 atom stereocenters. The van der Waals surface area contributed by atoms with Crippen LogP contribution < -0.4 is 5.32 Å². The molecule has 0 bridgehead atoms. The Hall–Kier alpha value is -2.29. The largest absolute Gasteiger partial charge is 0.373 e. The van der Waals surface area contributed by atoms with Crippen molar-refractivity contribution < 1.29 is 22.3 Å². The minimum atomic E-state index is -3.65. The lowest BCUT2D eigenvalue weighted by molar-refractivity contribution is -0.0440. The van der Waals surface area contributed by atoms with E-state index in [2.05, 4.69) is 5.32 Å². The number of rotatable bonds is 5. The number of hydrogen-bond acceptors (Lipinski definition) is 4. The van der Waals surface area contributed by atoms with Crippen molar-refractivity contribution in [2.45, 2.75) is 43.9 Å². The zero-order chi connectivity index (χ0) is 21.2. The van der Waals surface area contributed by atoms with E-state index in [0.717, 1.165) is 5.56 Å². The van der Waals surface area contributed by atoms with Gasteiger partial charge in [-0.15, -0.1) is 0 Å². The summed E-state index contributed by atoms with van der Waals surface area (Å²) in [5.74, 6) is -0.674. The monoisotopic (exact) mass is 420 g/mol. The van der Waals surface area contributed by atoms with Gasteiger partial charge in [0.2, 0.25) is 10.0 Å². The molecule has 29 heavy (non-hydrogen) atoms. The molecule has 1 heterocycles. The number of ether oxygens (including phenoxy) is 1. The highest BCUT2D eigenvalue weighted by Gasteiger charge is 2.32. The van der Waals surface area contributed by atoms with Crippen molar-refractivity contribution in [3.63, 3.8) is 0 Å². The van der Waals surface area contributed by atoms with Crippen molar-refractivity contribution in [3.8, 4) is 0 Å². The number of nitrogens with one attached hydrogen (secondary N) is 1. The van der Waals surface area contributed by atoms with Crippen molar-refractivity contribution in [1.82, 2.24) is 9.62 Å². The van der Waals surface area contributed by atoms with Crippen molar-refractivity contribution >= 4 is 15.9 Å². The van der Waals surface area contributed by atoms with Gasteiger partial charge < -0.3 is 10.1 Å². The van der Waals surface area contributed by atoms with Crippen LogP contribution in [0.2, 0.25) is 0 Å². The normalized spacial score (nSPS) is 21.5. The predicted molar refractivity (Wildman–Crippen MR) is 107 cm³/mol. The minimum absolute atomic E-state index is 0.141. The van der Waals surface area contributed by atoms with Crippen LogP contribution in [-0.4, -0.2) is 43.9 Å². The maximum Gasteiger partial charge on any atom is 0.251 e. The average Bonchev–Trinajstić information content (AvgIpc) is 2.67. The zero-order valence-electron chi connectivity index (χ0n) is 16.6. The lowest BCUT2D eigenvalue weighted by Gasteiger charge is -2.34. The summed E-state index contributed by atoms with van der Waals surface area (Å²) < 4.78 is 45.8. The van der Waals surface area contributed by atoms with Gasteiger partial charge in [-0.05, 0) is 62.7 Å². The molecule has 1 saturated heterocycles. The molecule has 0 spiro atoms. The molecule has 2 aromatic rings. The van der Waals surface area contributed by atoms with Crippen molar-refractivity contribution in [3.05, 3.63) is 65.5 Å². The molecule has 3 unspecified atom stereocenters. The standard InChI is InChI=1S/C21H25FN2O4S/c1-14-12-24(13-15(2)28-14)29(26,27)20-10-6-18(7-11-20)21(25)23-16(3)17-4-8-19(22)9-5-17/h4-11,14-16H,12-13H2,1-3H3,(H,23,25). The van der Waals surface area contributed by atoms with Gasteiger partial charge in [0.25, 0.3) is 5.91 Å². The predicted octanol–water partition coefficient (Wildman–Crippen LogP) is 3.11. The Bertz CT molecular complexity index is 951. The Morgan fingerprint density at radius 1 is 1.07 bits per heavy atom. The van der Waals surface area contributed by atoms with Gasteiger partial charge in [0.1, 0.15) is 5.82 Å². The van der Waals surface area contributed by atoms with Crippen LogP contribution >= 0.6 is 0 Å². The van der Waals surface area contributed by atoms with E-state index < -0.39 is 10.0 Å². The smallest absolute Gasteiger partial charge is 0.251 e. The van der Waals surface area contributed by atoms with Crippen LogP contribution in [0.25, 0.3) is 0 Å². The summed E-state index contributed by atoms with van der Waals surface area (Å²) in [4.78, 5) is 12.6. The third kappa shape index (κ3) is 5.01. The number of amides is 1. The van der Waals surface area contributed by atoms with E-state index in [-0.39, 0.29) is 34.9 Å². The molecular formula is C21H25FN2O4S. The maximum absolute atomic E-state index is 13.0. The van der Waals surface area contributed by atoms with Crippen LogP contribution in [0, 0.1) is 5.82 Å². The van der Waals surface area contributed by atoms with Gasteiger partial charge in [0.05, 0.1) is 23.1 Å². The van der Waals surface area contributed by atoms with Gasteiger partial charge in [-0.1, -0.05) is 12.1 Å². The Labute approximate surface area is 170 Å². The van der Waals surface area contributed by atoms with E-state index >= 15 is 0 Å². The summed E-state index contributed by atoms with van der Waals surface area (Å²) in [5, 5.41) is 2.83. The van der Waals surface area contributed by atoms with Crippen molar-refractivity contribution in [2.75, 3.05) is 13.1 Å². The zero-order valence-corrected chi connectivity index (χ0v) is 17.4. The van der Waals surface area contributed by atoms with Crippen LogP contribution in [0.15, 0.2) is 53.4 Å². The molecular weight excluding hydrogens is 395 g/mol. The number of morpholine rings is 1. The number of hydrogen-bond donors (Lipinski definition) is 1. The van der Waals surface area contributed by atoms with Crippen LogP contribution in [0.1, 0.15) is 42.7 Å². The van der Waals surface area contributed by atoms with Crippen molar-refractivity contribution in [2.24, 2.45) is 0 Å². The Balaban J connectivity index is 1.70. The van der Waals surface area contributed by atoms with E-state index in [4.69, 9.17) is 4.74 Å². The molecule has 156 valence electrons. The molecule has 6 nitrogen and oxygen atoms in total. The highest BCUT2D eigenvalue weighted by Crippen LogP contribution is 2.22. The first-order chi connectivity index (χ1) is 13.7. The summed E-state index contributed by atoms with van der Waals surface area (Å²) in [6, 6.07) is 11.5. The fourth-order valence-electron chi connectivity index (χ4n) is 3.37. The molecule has 0 radical (unpaired) electrons. The Morgan fingerprint density at radius 3 is 2.17 bits per heavy atom. The van der Waals surface area contributed by atoms with Gasteiger partial charge in [-0.2, -0.15) is 4.31 Å². The van der Waals surface area contributed by atoms with E-state index in [9.17, 15) is 17.6 Å². The highest BCUT2D eigenvalue weighted by atomic mass is 32.2. The third-order valence-corrected chi connectivity index (χ3v) is 6.70. The Morgan fingerprint density at radius 2 is 1.62 bits per heavy atom. The molecule has 1 amide bonds. The molecule has 0 aliphatic carbocycles. The van der Waals surface area contributed by atoms with Crippen LogP contribution in [0.5, 0.6) is 0 Å². The van der Waals surface area contributed by atoms with E-state index in [1.54, 1.807) is 19.1 Å². The Kier molecular flexibility index (Phi) is 6.36. The molecule has 1 N–H and O–H groups in total. The maximum atomic E-state index is 13.0. The molecule has 3 rings (SSSR count). The first-order valence-electron chi connectivity index (χ1n) is 9.49. The summed E-state index contributed by atoms with van der Waals surface area (Å²) in [7, 11) is -3.65. The van der Waals surface area contributed by atoms with Gasteiger partial charge in [0.15, 0.2) is 0 Å². The fourth-order valence-corrected chi connectivity index (χ4v) is 4.96. The number of nitrogens with zero attached hydrogens (tertiary/aromatic N) is 1. The summed E-state index contributed by atoms with van der Waals surface area (Å²) in [6.07, 6.45) is -0.349. The first-order valence-corrected chi connectivity index (χ1v) is 10.9. The molecule has 0 saturated carbocycles. The average molecular weight is 421 g/mol. The molecule has 1 aliphatic heterocycles. The second-order valence-corrected chi connectivity index (χ2v) is 9.29. The van der Waals surface area contributed by atoms with Gasteiger partial charge >= 0.3 is 0 Å². The molecule has 8 heteroatoms. The number of benzene rings is 2. The third-order valence-electron chi connectivity index (χ3n) is 4.86. The van der Waals surface area contributed by atoms with Gasteiger partial charge in [-0.3, -0.25) is 4.79 Å². The number of halogens is 1. The van der Waals surface area contributed by atoms with Gasteiger partial charge in [0, 0.05) is 18.7 Å². The summed E-state index contributed by atoms with van der Waals surface area (Å²) in [5.41, 5.74) is 1.12. The second kappa shape index (κ2) is 8.61. The SMILES string of the molecule is CC1CN(S(=O)(=O)c2ccc(C(=O)NC(C)c3ccc(F)cc3)cc2)CC(C)O1. The van der Waals surface area contributed by atoms with E-state index in [0.29, 0.717) is 18.7 Å². The molecule has 2 aromatic carbocycles. The minimum Gasteiger partial charge on any atom is -0.373 e. The van der Waals surface area contributed by atoms with E-state index in [1.807, 2.05) is 13.8 Å². The number of sulfonamides is 1. The van der Waals surface area contributed by atoms with Crippen LogP contribution in [0.4, 0.5) is 4.39 Å².